The van der Waals surface area contributed by atoms with Crippen molar-refractivity contribution in [3.05, 3.63) is 64.9 Å². The molecular weight excluding hydrogens is 254 g/mol. The van der Waals surface area contributed by atoms with Crippen molar-refractivity contribution in [3.63, 3.8) is 0 Å². The molecule has 0 fully saturated rings. The molecule has 0 radical (unpaired) electrons. The predicted molar refractivity (Wildman–Crippen MR) is 92.6 cm³/mol. The summed E-state index contributed by atoms with van der Waals surface area (Å²) in [6.45, 7) is 8.55. The molecule has 0 spiro atoms. The van der Waals surface area contributed by atoms with Gasteiger partial charge in [-0.1, -0.05) is 49.1 Å². The molecule has 0 saturated heterocycles. The van der Waals surface area contributed by atoms with Gasteiger partial charge in [0.05, 0.1) is 16.6 Å². The number of hydrogen-bond acceptors (Lipinski definition) is 0. The lowest BCUT2D eigenvalue weighted by molar-refractivity contribution is 1.35. The summed E-state index contributed by atoms with van der Waals surface area (Å²) in [5.74, 6) is 0. The Kier molecular flexibility index (Phi) is 2.46. The fourth-order valence-electron chi connectivity index (χ4n) is 3.36. The minimum absolute atomic E-state index is 1.12. The number of nitrogens with zero attached hydrogens (tertiary/aromatic N) is 1. The van der Waals surface area contributed by atoms with Crippen LogP contribution in [-0.4, -0.2) is 4.40 Å². The van der Waals surface area contributed by atoms with Crippen molar-refractivity contribution in [2.24, 2.45) is 0 Å². The second-order valence-corrected chi connectivity index (χ2v) is 5.61. The summed E-state index contributed by atoms with van der Waals surface area (Å²) in [6, 6.07) is 15.2. The molecule has 0 atom stereocenters. The summed E-state index contributed by atoms with van der Waals surface area (Å²) >= 11 is 0. The summed E-state index contributed by atoms with van der Waals surface area (Å²) in [4.78, 5) is 0. The van der Waals surface area contributed by atoms with E-state index in [-0.39, 0.29) is 0 Å². The molecule has 0 aliphatic heterocycles. The lowest BCUT2D eigenvalue weighted by Gasteiger charge is -1.98. The molecular formula is C20H17N. The molecule has 102 valence electrons. The highest BCUT2D eigenvalue weighted by Crippen LogP contribution is 2.30. The highest BCUT2D eigenvalue weighted by Gasteiger charge is 2.15. The maximum absolute atomic E-state index is 4.35. The van der Waals surface area contributed by atoms with Crippen molar-refractivity contribution >= 4 is 40.0 Å². The molecule has 0 unspecified atom stereocenters. The second kappa shape index (κ2) is 4.23. The van der Waals surface area contributed by atoms with Gasteiger partial charge >= 0.3 is 0 Å². The normalized spacial score (nSPS) is 12.3. The monoisotopic (exact) mass is 271 g/mol. The second-order valence-electron chi connectivity index (χ2n) is 5.61. The van der Waals surface area contributed by atoms with Gasteiger partial charge in [-0.15, -0.1) is 0 Å². The van der Waals surface area contributed by atoms with Crippen LogP contribution in [-0.2, 0) is 0 Å². The Labute approximate surface area is 123 Å². The molecule has 2 heterocycles. The van der Waals surface area contributed by atoms with Gasteiger partial charge in [-0.2, -0.15) is 0 Å². The molecule has 0 aliphatic rings. The van der Waals surface area contributed by atoms with Crippen LogP contribution in [0.4, 0.5) is 0 Å². The quantitative estimate of drug-likeness (QED) is 0.472. The van der Waals surface area contributed by atoms with Gasteiger partial charge in [0.15, 0.2) is 0 Å². The van der Waals surface area contributed by atoms with Crippen LogP contribution in [0.25, 0.3) is 40.0 Å². The van der Waals surface area contributed by atoms with E-state index >= 15 is 0 Å². The zero-order chi connectivity index (χ0) is 14.6. The van der Waals surface area contributed by atoms with E-state index in [1.54, 1.807) is 0 Å². The average Bonchev–Trinajstić information content (AvgIpc) is 2.95. The molecule has 4 aromatic rings. The highest BCUT2D eigenvalue weighted by atomic mass is 14.9. The van der Waals surface area contributed by atoms with Crippen molar-refractivity contribution < 1.29 is 0 Å². The summed E-state index contributed by atoms with van der Waals surface area (Å²) in [5.41, 5.74) is 6.29. The van der Waals surface area contributed by atoms with Crippen LogP contribution in [0.5, 0.6) is 0 Å². The van der Waals surface area contributed by atoms with Gasteiger partial charge in [-0.25, -0.2) is 0 Å². The Morgan fingerprint density at radius 1 is 1.00 bits per heavy atom. The van der Waals surface area contributed by atoms with Gasteiger partial charge in [0.25, 0.3) is 0 Å². The fraction of sp³-hybridized carbons (Fsp3) is 0.100. The molecule has 0 N–H and O–H groups in total. The van der Waals surface area contributed by atoms with E-state index in [4.69, 9.17) is 0 Å². The molecule has 0 bridgehead atoms. The molecule has 4 rings (SSSR count). The summed E-state index contributed by atoms with van der Waals surface area (Å²) in [7, 11) is 0. The Hall–Kier alpha value is -2.54. The van der Waals surface area contributed by atoms with Gasteiger partial charge in [-0.05, 0) is 31.5 Å². The minimum atomic E-state index is 1.12. The first kappa shape index (κ1) is 12.2. The highest BCUT2D eigenvalue weighted by molar-refractivity contribution is 6.05. The number of fused-ring (bicyclic) bond motifs is 5. The lowest BCUT2D eigenvalue weighted by Crippen LogP contribution is -1.95. The van der Waals surface area contributed by atoms with Gasteiger partial charge in [0, 0.05) is 21.6 Å². The van der Waals surface area contributed by atoms with Gasteiger partial charge < -0.3 is 4.40 Å². The smallest absolute Gasteiger partial charge is 0.0614 e. The fourth-order valence-corrected chi connectivity index (χ4v) is 3.36. The van der Waals surface area contributed by atoms with E-state index in [0.29, 0.717) is 0 Å². The van der Waals surface area contributed by atoms with Gasteiger partial charge in [0.1, 0.15) is 0 Å². The third-order valence-electron chi connectivity index (χ3n) is 4.25. The first-order chi connectivity index (χ1) is 10.2. The largest absolute Gasteiger partial charge is 0.308 e. The van der Waals surface area contributed by atoms with E-state index < -0.39 is 0 Å². The van der Waals surface area contributed by atoms with Crippen LogP contribution in [0.1, 0.15) is 18.1 Å². The van der Waals surface area contributed by atoms with Crippen molar-refractivity contribution in [1.29, 1.82) is 0 Å². The minimum Gasteiger partial charge on any atom is -0.308 e. The summed E-state index contributed by atoms with van der Waals surface area (Å²) in [6.07, 6.45) is 4.29. The van der Waals surface area contributed by atoms with E-state index in [2.05, 4.69) is 79.4 Å². The van der Waals surface area contributed by atoms with E-state index in [1.165, 1.54) is 38.4 Å². The van der Waals surface area contributed by atoms with E-state index in [9.17, 15) is 0 Å². The molecule has 2 aromatic heterocycles. The number of allylic oxidation sites excluding steroid dienone is 1. The predicted octanol–water partition coefficient (Wildman–Crippen LogP) is 4.72. The Bertz CT molecular complexity index is 1060. The Morgan fingerprint density at radius 2 is 1.81 bits per heavy atom. The Morgan fingerprint density at radius 3 is 2.62 bits per heavy atom. The molecule has 0 aliphatic carbocycles. The van der Waals surface area contributed by atoms with Crippen LogP contribution in [0.3, 0.4) is 0 Å². The van der Waals surface area contributed by atoms with E-state index in [1.807, 2.05) is 0 Å². The molecule has 1 heteroatoms. The molecule has 1 nitrogen and oxygen atoms in total. The zero-order valence-electron chi connectivity index (χ0n) is 12.4. The molecule has 0 amide bonds. The average molecular weight is 271 g/mol. The topological polar surface area (TPSA) is 4.41 Å². The number of para-hydroxylation sites is 1. The van der Waals surface area contributed by atoms with Crippen molar-refractivity contribution in [1.82, 2.24) is 4.40 Å². The van der Waals surface area contributed by atoms with Gasteiger partial charge in [0.2, 0.25) is 0 Å². The van der Waals surface area contributed by atoms with Crippen LogP contribution in [0.2, 0.25) is 0 Å². The molecule has 0 saturated carbocycles. The van der Waals surface area contributed by atoms with Crippen LogP contribution in [0, 0.1) is 6.92 Å². The first-order valence-electron chi connectivity index (χ1n) is 7.29. The van der Waals surface area contributed by atoms with Crippen molar-refractivity contribution in [3.8, 4) is 0 Å². The maximum Gasteiger partial charge on any atom is 0.0614 e. The number of rotatable bonds is 1. The van der Waals surface area contributed by atoms with Crippen LogP contribution in [0.15, 0.2) is 48.5 Å². The molecule has 21 heavy (non-hydrogen) atoms. The lowest BCUT2D eigenvalue weighted by atomic mass is 10.1. The first-order valence-corrected chi connectivity index (χ1v) is 7.29. The summed E-state index contributed by atoms with van der Waals surface area (Å²) < 4.78 is 2.36. The number of benzene rings is 2. The van der Waals surface area contributed by atoms with Gasteiger partial charge in [-0.3, -0.25) is 0 Å². The standard InChI is InChI=1S/C20H17N/c1-4-7-17-16-8-5-6-9-18(16)21-19-12-13(2)10-11-15(19)14(3)20(17)21/h4-12H,3H2,1-2H3/b7-4-. The number of aryl methyl sites for hydroxylation is 1. The zero-order valence-corrected chi connectivity index (χ0v) is 12.4. The van der Waals surface area contributed by atoms with Crippen molar-refractivity contribution in [2.45, 2.75) is 13.8 Å². The third-order valence-corrected chi connectivity index (χ3v) is 4.25. The summed E-state index contributed by atoms with van der Waals surface area (Å²) in [5, 5.41) is 3.65. The maximum atomic E-state index is 4.35. The molecule has 2 aromatic carbocycles. The van der Waals surface area contributed by atoms with E-state index in [0.717, 1.165) is 5.22 Å². The van der Waals surface area contributed by atoms with Crippen molar-refractivity contribution in [2.75, 3.05) is 0 Å². The van der Waals surface area contributed by atoms with Crippen LogP contribution < -0.4 is 5.22 Å². The number of aromatic nitrogens is 1. The third kappa shape index (κ3) is 1.52. The SMILES string of the molecule is C=c1c2ccc(C)cc2n2c1c(/C=C\C)c1ccccc12. The number of hydrogen-bond donors (Lipinski definition) is 0. The van der Waals surface area contributed by atoms with Crippen LogP contribution >= 0.6 is 0 Å². The Balaban J connectivity index is 2.41.